The summed E-state index contributed by atoms with van der Waals surface area (Å²) in [6.45, 7) is 0. The van der Waals surface area contributed by atoms with Crippen LogP contribution in [0.2, 0.25) is 0 Å². The molecule has 2 nitrogen and oxygen atoms in total. The summed E-state index contributed by atoms with van der Waals surface area (Å²) in [4.78, 5) is 0. The molecule has 1 aliphatic heterocycles. The molecule has 0 bridgehead atoms. The van der Waals surface area contributed by atoms with E-state index in [9.17, 15) is 0 Å². The van der Waals surface area contributed by atoms with E-state index in [1.54, 1.807) is 0 Å². The molecule has 0 N–H and O–H groups in total. The minimum atomic E-state index is -0.295. The summed E-state index contributed by atoms with van der Waals surface area (Å²) in [5.41, 5.74) is 1.01. The smallest absolute Gasteiger partial charge is 0.267 e. The Balaban J connectivity index is 2.17. The number of ether oxygens (including phenoxy) is 2. The lowest BCUT2D eigenvalue weighted by Crippen LogP contribution is -1.96. The van der Waals surface area contributed by atoms with Crippen LogP contribution in [0.15, 0.2) is 36.6 Å². The Hall–Kier alpha value is -1.44. The molecule has 2 rings (SSSR count). The maximum atomic E-state index is 5.08. The molecule has 0 saturated carbocycles. The van der Waals surface area contributed by atoms with Crippen LogP contribution in [-0.2, 0) is 9.47 Å². The highest BCUT2D eigenvalue weighted by Gasteiger charge is 2.14. The zero-order valence-corrected chi connectivity index (χ0v) is 5.86. The minimum Gasteiger partial charge on any atom is -0.454 e. The molecule has 1 aromatic rings. The van der Waals surface area contributed by atoms with E-state index in [2.05, 4.69) is 6.26 Å². The Morgan fingerprint density at radius 2 is 2.00 bits per heavy atom. The molecule has 1 heterocycles. The number of hydrogen-bond donors (Lipinski definition) is 0. The summed E-state index contributed by atoms with van der Waals surface area (Å²) in [7, 11) is 0. The maximum absolute atomic E-state index is 5.08. The van der Waals surface area contributed by atoms with Crippen molar-refractivity contribution in [2.75, 3.05) is 0 Å². The van der Waals surface area contributed by atoms with Gasteiger partial charge in [0, 0.05) is 5.56 Å². The van der Waals surface area contributed by atoms with Gasteiger partial charge in [0.15, 0.2) is 0 Å². The van der Waals surface area contributed by atoms with Crippen molar-refractivity contribution in [2.24, 2.45) is 0 Å². The van der Waals surface area contributed by atoms with E-state index in [1.807, 2.05) is 30.3 Å². The second kappa shape index (κ2) is 2.66. The Kier molecular flexibility index (Phi) is 1.52. The van der Waals surface area contributed by atoms with Gasteiger partial charge in [0.2, 0.25) is 6.26 Å². The van der Waals surface area contributed by atoms with Crippen LogP contribution in [0.25, 0.3) is 0 Å². The van der Waals surface area contributed by atoms with Crippen molar-refractivity contribution in [2.45, 2.75) is 6.29 Å². The fourth-order valence-corrected chi connectivity index (χ4v) is 0.964. The molecule has 1 radical (unpaired) electrons. The first-order valence-electron chi connectivity index (χ1n) is 3.40. The molecule has 1 unspecified atom stereocenters. The van der Waals surface area contributed by atoms with Gasteiger partial charge in [0.25, 0.3) is 6.29 Å². The van der Waals surface area contributed by atoms with Crippen LogP contribution in [0.4, 0.5) is 0 Å². The fourth-order valence-electron chi connectivity index (χ4n) is 0.964. The maximum Gasteiger partial charge on any atom is 0.267 e. The highest BCUT2D eigenvalue weighted by molar-refractivity contribution is 5.16. The second-order valence-corrected chi connectivity index (χ2v) is 2.23. The predicted molar refractivity (Wildman–Crippen MR) is 39.2 cm³/mol. The highest BCUT2D eigenvalue weighted by atomic mass is 16.7. The van der Waals surface area contributed by atoms with Crippen LogP contribution in [0.3, 0.4) is 0 Å². The monoisotopic (exact) mass is 147 g/mol. The molecule has 0 amide bonds. The van der Waals surface area contributed by atoms with Crippen molar-refractivity contribution < 1.29 is 9.47 Å². The molecule has 1 aliphatic rings. The standard InChI is InChI=1S/C9H7O2/c1-2-4-8(5-3-1)9-10-6-7-11-9/h1-6,9H. The first-order chi connectivity index (χ1) is 5.47. The summed E-state index contributed by atoms with van der Waals surface area (Å²) < 4.78 is 10.1. The van der Waals surface area contributed by atoms with Crippen molar-refractivity contribution in [3.63, 3.8) is 0 Å². The molecule has 0 spiro atoms. The molecule has 2 heteroatoms. The van der Waals surface area contributed by atoms with Gasteiger partial charge in [-0.3, -0.25) is 0 Å². The van der Waals surface area contributed by atoms with E-state index in [0.29, 0.717) is 0 Å². The highest BCUT2D eigenvalue weighted by Crippen LogP contribution is 2.22. The summed E-state index contributed by atoms with van der Waals surface area (Å²) in [5, 5.41) is 0. The van der Waals surface area contributed by atoms with Gasteiger partial charge in [0.05, 0.1) is 0 Å². The summed E-state index contributed by atoms with van der Waals surface area (Å²) in [6.07, 6.45) is 3.66. The average Bonchev–Trinajstić information content (AvgIpc) is 2.58. The number of benzene rings is 1. The first-order valence-corrected chi connectivity index (χ1v) is 3.40. The third kappa shape index (κ3) is 1.19. The number of hydrogen-bond acceptors (Lipinski definition) is 2. The van der Waals surface area contributed by atoms with E-state index in [4.69, 9.17) is 9.47 Å². The summed E-state index contributed by atoms with van der Waals surface area (Å²) >= 11 is 0. The van der Waals surface area contributed by atoms with Gasteiger partial charge < -0.3 is 9.47 Å². The fraction of sp³-hybridized carbons (Fsp3) is 0.111. The van der Waals surface area contributed by atoms with Crippen LogP contribution in [-0.4, -0.2) is 0 Å². The largest absolute Gasteiger partial charge is 0.454 e. The average molecular weight is 147 g/mol. The van der Waals surface area contributed by atoms with Crippen LogP contribution in [0.1, 0.15) is 11.9 Å². The van der Waals surface area contributed by atoms with Gasteiger partial charge in [-0.25, -0.2) is 0 Å². The lowest BCUT2D eigenvalue weighted by atomic mass is 10.2. The quantitative estimate of drug-likeness (QED) is 0.604. The van der Waals surface area contributed by atoms with E-state index in [-0.39, 0.29) is 6.29 Å². The lowest BCUT2D eigenvalue weighted by molar-refractivity contribution is -0.0302. The van der Waals surface area contributed by atoms with Gasteiger partial charge in [-0.1, -0.05) is 30.3 Å². The SMILES string of the molecule is [C]1=COC(c2ccccc2)O1. The Labute approximate surface area is 65.1 Å². The van der Waals surface area contributed by atoms with Gasteiger partial charge in [-0.05, 0) is 0 Å². The van der Waals surface area contributed by atoms with Gasteiger partial charge in [-0.15, -0.1) is 0 Å². The molecular weight excluding hydrogens is 140 g/mol. The molecular formula is C9H7O2. The van der Waals surface area contributed by atoms with Crippen molar-refractivity contribution in [1.82, 2.24) is 0 Å². The number of rotatable bonds is 1. The van der Waals surface area contributed by atoms with Crippen LogP contribution < -0.4 is 0 Å². The predicted octanol–water partition coefficient (Wildman–Crippen LogP) is 2.01. The molecule has 1 atom stereocenters. The Morgan fingerprint density at radius 3 is 2.64 bits per heavy atom. The topological polar surface area (TPSA) is 18.5 Å². The van der Waals surface area contributed by atoms with Crippen molar-refractivity contribution in [3.05, 3.63) is 48.4 Å². The Bertz CT molecular complexity index is 246. The van der Waals surface area contributed by atoms with Crippen LogP contribution in [0, 0.1) is 6.26 Å². The normalized spacial score (nSPS) is 16.0. The van der Waals surface area contributed by atoms with E-state index >= 15 is 0 Å². The van der Waals surface area contributed by atoms with E-state index in [1.165, 1.54) is 6.26 Å². The van der Waals surface area contributed by atoms with Crippen molar-refractivity contribution in [1.29, 1.82) is 0 Å². The van der Waals surface area contributed by atoms with Crippen molar-refractivity contribution >= 4 is 0 Å². The van der Waals surface area contributed by atoms with Crippen molar-refractivity contribution in [3.8, 4) is 0 Å². The molecule has 0 aliphatic carbocycles. The molecule has 0 aromatic heterocycles. The first kappa shape index (κ1) is 6.28. The van der Waals surface area contributed by atoms with Crippen LogP contribution in [0.5, 0.6) is 0 Å². The van der Waals surface area contributed by atoms with Gasteiger partial charge >= 0.3 is 0 Å². The van der Waals surface area contributed by atoms with Gasteiger partial charge in [-0.2, -0.15) is 0 Å². The van der Waals surface area contributed by atoms with E-state index < -0.39 is 0 Å². The second-order valence-electron chi connectivity index (χ2n) is 2.23. The lowest BCUT2D eigenvalue weighted by Gasteiger charge is -2.08. The third-order valence-electron chi connectivity index (χ3n) is 1.49. The Morgan fingerprint density at radius 1 is 1.18 bits per heavy atom. The molecule has 0 saturated heterocycles. The zero-order valence-electron chi connectivity index (χ0n) is 5.86. The zero-order chi connectivity index (χ0) is 7.52. The molecule has 1 aromatic carbocycles. The molecule has 0 fully saturated rings. The van der Waals surface area contributed by atoms with Gasteiger partial charge in [0.1, 0.15) is 6.26 Å². The summed E-state index contributed by atoms with van der Waals surface area (Å²) in [6, 6.07) is 9.74. The third-order valence-corrected chi connectivity index (χ3v) is 1.49. The molecule has 55 valence electrons. The van der Waals surface area contributed by atoms with E-state index in [0.717, 1.165) is 5.56 Å². The van der Waals surface area contributed by atoms with Crippen LogP contribution >= 0.6 is 0 Å². The minimum absolute atomic E-state index is 0.295. The molecule has 11 heavy (non-hydrogen) atoms. The summed E-state index contributed by atoms with van der Waals surface area (Å²) in [5.74, 6) is 0.